The van der Waals surface area contributed by atoms with E-state index in [0.717, 1.165) is 11.1 Å². The maximum Gasteiger partial charge on any atom is 0.339 e. The van der Waals surface area contributed by atoms with Crippen molar-refractivity contribution in [2.75, 3.05) is 0 Å². The minimum absolute atomic E-state index is 0.158. The predicted molar refractivity (Wildman–Crippen MR) is 92.7 cm³/mol. The minimum Gasteiger partial charge on any atom is -0.505 e. The van der Waals surface area contributed by atoms with Gasteiger partial charge in [0.25, 0.3) is 0 Å². The van der Waals surface area contributed by atoms with Crippen LogP contribution in [0.15, 0.2) is 58.8 Å². The summed E-state index contributed by atoms with van der Waals surface area (Å²) in [4.78, 5) is 11.4. The van der Waals surface area contributed by atoms with Crippen molar-refractivity contribution in [1.82, 2.24) is 0 Å². The van der Waals surface area contributed by atoms with Crippen molar-refractivity contribution >= 4 is 28.1 Å². The molecule has 24 heavy (non-hydrogen) atoms. The van der Waals surface area contributed by atoms with Crippen LogP contribution in [0.2, 0.25) is 0 Å². The van der Waals surface area contributed by atoms with Gasteiger partial charge in [0.05, 0.1) is 5.69 Å². The molecule has 0 atom stereocenters. The number of rotatable bonds is 3. The molecule has 0 saturated heterocycles. The molecule has 3 aromatic carbocycles. The van der Waals surface area contributed by atoms with Crippen LogP contribution in [-0.4, -0.2) is 16.2 Å². The molecule has 5 heteroatoms. The Bertz CT molecular complexity index is 978. The molecule has 120 valence electrons. The van der Waals surface area contributed by atoms with Gasteiger partial charge in [0.1, 0.15) is 11.3 Å². The molecule has 0 radical (unpaired) electrons. The summed E-state index contributed by atoms with van der Waals surface area (Å²) in [7, 11) is 0. The van der Waals surface area contributed by atoms with E-state index in [9.17, 15) is 15.0 Å². The molecule has 0 unspecified atom stereocenters. The molecule has 3 rings (SSSR count). The maximum absolute atomic E-state index is 11.4. The lowest BCUT2D eigenvalue weighted by molar-refractivity contribution is 0.0694. The predicted octanol–water partition coefficient (Wildman–Crippen LogP) is 5.28. The Hall–Kier alpha value is -3.21. The third-order valence-corrected chi connectivity index (χ3v) is 3.84. The topological polar surface area (TPSA) is 82.2 Å². The number of carbonyl (C=O) groups is 1. The zero-order valence-electron chi connectivity index (χ0n) is 13.3. The van der Waals surface area contributed by atoms with Crippen molar-refractivity contribution in [2.45, 2.75) is 13.8 Å². The number of aromatic carboxylic acids is 1. The van der Waals surface area contributed by atoms with E-state index in [1.165, 1.54) is 6.07 Å². The molecule has 2 N–H and O–H groups in total. The first-order valence-electron chi connectivity index (χ1n) is 7.44. The summed E-state index contributed by atoms with van der Waals surface area (Å²) in [6, 6.07) is 14.3. The molecule has 0 aliphatic carbocycles. The van der Waals surface area contributed by atoms with Crippen molar-refractivity contribution < 1.29 is 15.0 Å². The summed E-state index contributed by atoms with van der Waals surface area (Å²) in [6.45, 7) is 3.91. The average molecular weight is 320 g/mol. The van der Waals surface area contributed by atoms with Gasteiger partial charge in [0, 0.05) is 5.39 Å². The molecule has 5 nitrogen and oxygen atoms in total. The highest BCUT2D eigenvalue weighted by atomic mass is 16.4. The summed E-state index contributed by atoms with van der Waals surface area (Å²) < 4.78 is 0. The second kappa shape index (κ2) is 6.12. The summed E-state index contributed by atoms with van der Waals surface area (Å²) in [5.41, 5.74) is 2.71. The number of carboxylic acids is 1. The quantitative estimate of drug-likeness (QED) is 0.644. The monoisotopic (exact) mass is 320 g/mol. The molecule has 0 bridgehead atoms. The van der Waals surface area contributed by atoms with Gasteiger partial charge in [-0.1, -0.05) is 42.0 Å². The van der Waals surface area contributed by atoms with Crippen LogP contribution < -0.4 is 0 Å². The Kier molecular flexibility index (Phi) is 4.00. The highest BCUT2D eigenvalue weighted by Crippen LogP contribution is 2.39. The fraction of sp³-hybridized carbons (Fsp3) is 0.105. The van der Waals surface area contributed by atoms with Crippen LogP contribution in [0.3, 0.4) is 0 Å². The van der Waals surface area contributed by atoms with E-state index in [2.05, 4.69) is 10.2 Å². The number of nitrogens with zero attached hydrogens (tertiary/aromatic N) is 2. The number of azo groups is 1. The van der Waals surface area contributed by atoms with E-state index in [1.807, 2.05) is 32.0 Å². The molecular formula is C19H16N2O3. The summed E-state index contributed by atoms with van der Waals surface area (Å²) in [6.07, 6.45) is 0. The molecule has 0 saturated carbocycles. The lowest BCUT2D eigenvalue weighted by atomic mass is 10.0. The standard InChI is InChI=1S/C19H16N2O3/c1-11-7-8-16(12(2)9-11)20-21-17-14-6-4-3-5-13(14)10-15(18(17)22)19(23)24/h3-10,22H,1-2H3,(H,23,24). The van der Waals surface area contributed by atoms with E-state index in [1.54, 1.807) is 24.3 Å². The smallest absolute Gasteiger partial charge is 0.339 e. The number of benzene rings is 3. The largest absolute Gasteiger partial charge is 0.505 e. The van der Waals surface area contributed by atoms with Crippen molar-refractivity contribution in [3.05, 3.63) is 65.2 Å². The maximum atomic E-state index is 11.4. The molecule has 0 spiro atoms. The van der Waals surface area contributed by atoms with E-state index in [-0.39, 0.29) is 17.0 Å². The fourth-order valence-corrected chi connectivity index (χ4v) is 2.60. The van der Waals surface area contributed by atoms with Gasteiger partial charge in [-0.3, -0.25) is 0 Å². The molecule has 0 aliphatic heterocycles. The lowest BCUT2D eigenvalue weighted by Gasteiger charge is -2.08. The van der Waals surface area contributed by atoms with Crippen LogP contribution in [0.5, 0.6) is 5.75 Å². The molecule has 0 fully saturated rings. The first-order valence-corrected chi connectivity index (χ1v) is 7.44. The van der Waals surface area contributed by atoms with Crippen LogP contribution in [0, 0.1) is 13.8 Å². The molecule has 0 heterocycles. The van der Waals surface area contributed by atoms with Gasteiger partial charge in [0.15, 0.2) is 5.75 Å². The highest BCUT2D eigenvalue weighted by Gasteiger charge is 2.17. The van der Waals surface area contributed by atoms with Gasteiger partial charge in [-0.05, 0) is 36.9 Å². The SMILES string of the molecule is Cc1ccc(N=Nc2c(O)c(C(=O)O)cc3ccccc23)c(C)c1. The van der Waals surface area contributed by atoms with E-state index in [4.69, 9.17) is 0 Å². The number of carboxylic acid groups (broad SMARTS) is 1. The van der Waals surface area contributed by atoms with Gasteiger partial charge in [0.2, 0.25) is 0 Å². The Balaban J connectivity index is 2.19. The second-order valence-electron chi connectivity index (χ2n) is 5.64. The van der Waals surface area contributed by atoms with Crippen molar-refractivity contribution in [1.29, 1.82) is 0 Å². The van der Waals surface area contributed by atoms with Crippen LogP contribution in [0.4, 0.5) is 11.4 Å². The van der Waals surface area contributed by atoms with Crippen LogP contribution in [0.25, 0.3) is 10.8 Å². The zero-order chi connectivity index (χ0) is 17.3. The zero-order valence-corrected chi connectivity index (χ0v) is 13.3. The lowest BCUT2D eigenvalue weighted by Crippen LogP contribution is -1.97. The minimum atomic E-state index is -1.21. The Morgan fingerprint density at radius 3 is 2.46 bits per heavy atom. The van der Waals surface area contributed by atoms with Gasteiger partial charge >= 0.3 is 5.97 Å². The number of phenols is 1. The van der Waals surface area contributed by atoms with Gasteiger partial charge < -0.3 is 10.2 Å². The number of aromatic hydroxyl groups is 1. The first-order chi connectivity index (χ1) is 11.5. The number of hydrogen-bond acceptors (Lipinski definition) is 4. The highest BCUT2D eigenvalue weighted by molar-refractivity contribution is 6.04. The van der Waals surface area contributed by atoms with E-state index < -0.39 is 5.97 Å². The summed E-state index contributed by atoms with van der Waals surface area (Å²) in [5, 5.41) is 29.3. The van der Waals surface area contributed by atoms with Gasteiger partial charge in [-0.15, -0.1) is 5.11 Å². The third kappa shape index (κ3) is 2.84. The van der Waals surface area contributed by atoms with E-state index >= 15 is 0 Å². The van der Waals surface area contributed by atoms with E-state index in [0.29, 0.717) is 16.5 Å². The van der Waals surface area contributed by atoms with Gasteiger partial charge in [-0.2, -0.15) is 5.11 Å². The van der Waals surface area contributed by atoms with Crippen molar-refractivity contribution in [3.63, 3.8) is 0 Å². The second-order valence-corrected chi connectivity index (χ2v) is 5.64. The van der Waals surface area contributed by atoms with Crippen molar-refractivity contribution in [2.24, 2.45) is 10.2 Å². The number of hydrogen-bond donors (Lipinski definition) is 2. The molecule has 0 aromatic heterocycles. The third-order valence-electron chi connectivity index (χ3n) is 3.84. The molecule has 3 aromatic rings. The molecule has 0 aliphatic rings. The average Bonchev–Trinajstić information content (AvgIpc) is 2.55. The molecular weight excluding hydrogens is 304 g/mol. The first kappa shape index (κ1) is 15.7. The van der Waals surface area contributed by atoms with Crippen LogP contribution in [-0.2, 0) is 0 Å². The summed E-state index contributed by atoms with van der Waals surface area (Å²) >= 11 is 0. The Morgan fingerprint density at radius 2 is 1.75 bits per heavy atom. The Morgan fingerprint density at radius 1 is 1.00 bits per heavy atom. The Labute approximate surface area is 138 Å². The van der Waals surface area contributed by atoms with Gasteiger partial charge in [-0.25, -0.2) is 4.79 Å². The fourth-order valence-electron chi connectivity index (χ4n) is 2.60. The van der Waals surface area contributed by atoms with Crippen molar-refractivity contribution in [3.8, 4) is 5.75 Å². The molecule has 0 amide bonds. The normalized spacial score (nSPS) is 11.2. The number of fused-ring (bicyclic) bond motifs is 1. The van der Waals surface area contributed by atoms with Crippen LogP contribution in [0.1, 0.15) is 21.5 Å². The number of aryl methyl sites for hydroxylation is 2. The summed E-state index contributed by atoms with van der Waals surface area (Å²) in [5.74, 6) is -1.59. The van der Waals surface area contributed by atoms with Crippen LogP contribution >= 0.6 is 0 Å².